The van der Waals surface area contributed by atoms with E-state index in [2.05, 4.69) is 10.2 Å². The number of rotatable bonds is 13. The highest BCUT2D eigenvalue weighted by molar-refractivity contribution is 4.62. The molecule has 0 saturated carbocycles. The van der Waals surface area contributed by atoms with E-state index in [0.29, 0.717) is 26.4 Å². The highest BCUT2D eigenvalue weighted by Crippen LogP contribution is 1.97. The van der Waals surface area contributed by atoms with Gasteiger partial charge in [-0.1, -0.05) is 0 Å². The van der Waals surface area contributed by atoms with Crippen molar-refractivity contribution in [3.8, 4) is 0 Å². The first-order valence-corrected chi connectivity index (χ1v) is 7.58. The van der Waals surface area contributed by atoms with Gasteiger partial charge in [0.05, 0.1) is 46.2 Å². The fourth-order valence-electron chi connectivity index (χ4n) is 1.99. The number of nitrogens with zero attached hydrogens (tertiary/aromatic N) is 1. The van der Waals surface area contributed by atoms with Crippen molar-refractivity contribution in [2.24, 2.45) is 0 Å². The van der Waals surface area contributed by atoms with E-state index in [0.717, 1.165) is 52.5 Å². The van der Waals surface area contributed by atoms with Gasteiger partial charge in [0, 0.05) is 26.7 Å². The van der Waals surface area contributed by atoms with Crippen LogP contribution in [-0.4, -0.2) is 91.0 Å². The van der Waals surface area contributed by atoms with Crippen LogP contribution in [-0.2, 0) is 18.9 Å². The van der Waals surface area contributed by atoms with Gasteiger partial charge >= 0.3 is 0 Å². The summed E-state index contributed by atoms with van der Waals surface area (Å²) in [5.74, 6) is 0. The molecule has 0 aromatic heterocycles. The summed E-state index contributed by atoms with van der Waals surface area (Å²) in [5.41, 5.74) is 0. The minimum absolute atomic E-state index is 0.639. The summed E-state index contributed by atoms with van der Waals surface area (Å²) in [7, 11) is 1.67. The van der Waals surface area contributed by atoms with Crippen molar-refractivity contribution in [3.05, 3.63) is 0 Å². The predicted octanol–water partition coefficient (Wildman–Crippen LogP) is -0.0221. The summed E-state index contributed by atoms with van der Waals surface area (Å²) >= 11 is 0. The molecule has 1 saturated heterocycles. The Balaban J connectivity index is 1.70. The smallest absolute Gasteiger partial charge is 0.0701 e. The molecule has 6 heteroatoms. The van der Waals surface area contributed by atoms with E-state index in [4.69, 9.17) is 18.9 Å². The molecular formula is C14H30N2O4. The zero-order chi connectivity index (χ0) is 14.3. The topological polar surface area (TPSA) is 52.2 Å². The SMILES string of the molecule is COCCOCCOCCNCCCN1CCOCC1. The van der Waals surface area contributed by atoms with Crippen molar-refractivity contribution in [2.75, 3.05) is 86.1 Å². The van der Waals surface area contributed by atoms with Crippen LogP contribution >= 0.6 is 0 Å². The maximum atomic E-state index is 5.46. The second-order valence-corrected chi connectivity index (χ2v) is 4.78. The second kappa shape index (κ2) is 13.7. The zero-order valence-electron chi connectivity index (χ0n) is 12.8. The van der Waals surface area contributed by atoms with Crippen LogP contribution < -0.4 is 5.32 Å². The fourth-order valence-corrected chi connectivity index (χ4v) is 1.99. The van der Waals surface area contributed by atoms with Crippen LogP contribution in [0.4, 0.5) is 0 Å². The Labute approximate surface area is 122 Å². The Morgan fingerprint density at radius 1 is 0.950 bits per heavy atom. The third-order valence-electron chi connectivity index (χ3n) is 3.16. The molecule has 0 aromatic rings. The van der Waals surface area contributed by atoms with E-state index >= 15 is 0 Å². The molecule has 20 heavy (non-hydrogen) atoms. The van der Waals surface area contributed by atoms with Gasteiger partial charge in [-0.15, -0.1) is 0 Å². The van der Waals surface area contributed by atoms with Crippen LogP contribution in [0.5, 0.6) is 0 Å². The van der Waals surface area contributed by atoms with E-state index in [1.807, 2.05) is 0 Å². The Kier molecular flexibility index (Phi) is 12.2. The molecule has 0 radical (unpaired) electrons. The highest BCUT2D eigenvalue weighted by Gasteiger charge is 2.08. The summed E-state index contributed by atoms with van der Waals surface area (Å²) in [5, 5.41) is 3.39. The lowest BCUT2D eigenvalue weighted by atomic mass is 10.3. The lowest BCUT2D eigenvalue weighted by Crippen LogP contribution is -2.37. The predicted molar refractivity (Wildman–Crippen MR) is 78.3 cm³/mol. The molecule has 1 N–H and O–H groups in total. The quantitative estimate of drug-likeness (QED) is 0.481. The van der Waals surface area contributed by atoms with Crippen molar-refractivity contribution < 1.29 is 18.9 Å². The van der Waals surface area contributed by atoms with Crippen molar-refractivity contribution in [1.29, 1.82) is 0 Å². The Bertz CT molecular complexity index is 202. The molecule has 0 aromatic carbocycles. The molecule has 0 aliphatic carbocycles. The van der Waals surface area contributed by atoms with Gasteiger partial charge in [0.15, 0.2) is 0 Å². The summed E-state index contributed by atoms with van der Waals surface area (Å²) in [4.78, 5) is 2.46. The average Bonchev–Trinajstić information content (AvgIpc) is 2.49. The monoisotopic (exact) mass is 290 g/mol. The number of hydrogen-bond donors (Lipinski definition) is 1. The van der Waals surface area contributed by atoms with Gasteiger partial charge in [0.25, 0.3) is 0 Å². The number of ether oxygens (including phenoxy) is 4. The van der Waals surface area contributed by atoms with Crippen LogP contribution in [0.2, 0.25) is 0 Å². The van der Waals surface area contributed by atoms with E-state index in [9.17, 15) is 0 Å². The minimum atomic E-state index is 0.639. The summed E-state index contributed by atoms with van der Waals surface area (Å²) in [6.45, 7) is 10.3. The van der Waals surface area contributed by atoms with Gasteiger partial charge in [-0.2, -0.15) is 0 Å². The van der Waals surface area contributed by atoms with Gasteiger partial charge in [-0.05, 0) is 19.5 Å². The molecule has 1 fully saturated rings. The van der Waals surface area contributed by atoms with E-state index in [1.165, 1.54) is 6.42 Å². The molecule has 0 spiro atoms. The second-order valence-electron chi connectivity index (χ2n) is 4.78. The molecule has 6 nitrogen and oxygen atoms in total. The maximum Gasteiger partial charge on any atom is 0.0701 e. The highest BCUT2D eigenvalue weighted by atomic mass is 16.5. The number of hydrogen-bond acceptors (Lipinski definition) is 6. The van der Waals surface area contributed by atoms with Crippen LogP contribution in [0, 0.1) is 0 Å². The fraction of sp³-hybridized carbons (Fsp3) is 1.00. The molecule has 1 aliphatic heterocycles. The molecule has 0 unspecified atom stereocenters. The zero-order valence-corrected chi connectivity index (χ0v) is 12.8. The average molecular weight is 290 g/mol. The molecule has 0 amide bonds. The maximum absolute atomic E-state index is 5.46. The summed E-state index contributed by atoms with van der Waals surface area (Å²) in [6.07, 6.45) is 1.18. The lowest BCUT2D eigenvalue weighted by molar-refractivity contribution is 0.0254. The van der Waals surface area contributed by atoms with Crippen LogP contribution in [0.3, 0.4) is 0 Å². The first-order chi connectivity index (χ1) is 9.93. The van der Waals surface area contributed by atoms with Crippen molar-refractivity contribution in [2.45, 2.75) is 6.42 Å². The Hall–Kier alpha value is -0.240. The molecule has 120 valence electrons. The molecule has 0 bridgehead atoms. The molecule has 1 heterocycles. The first-order valence-electron chi connectivity index (χ1n) is 7.58. The van der Waals surface area contributed by atoms with Crippen LogP contribution in [0.1, 0.15) is 6.42 Å². The van der Waals surface area contributed by atoms with Gasteiger partial charge in [0.2, 0.25) is 0 Å². The molecule has 1 rings (SSSR count). The Morgan fingerprint density at radius 2 is 1.65 bits per heavy atom. The first kappa shape index (κ1) is 17.8. The number of methoxy groups -OCH3 is 1. The van der Waals surface area contributed by atoms with Crippen LogP contribution in [0.25, 0.3) is 0 Å². The third-order valence-corrected chi connectivity index (χ3v) is 3.16. The number of nitrogens with one attached hydrogen (secondary N) is 1. The van der Waals surface area contributed by atoms with E-state index in [-0.39, 0.29) is 0 Å². The largest absolute Gasteiger partial charge is 0.382 e. The Morgan fingerprint density at radius 3 is 2.40 bits per heavy atom. The van der Waals surface area contributed by atoms with Crippen molar-refractivity contribution in [3.63, 3.8) is 0 Å². The van der Waals surface area contributed by atoms with Gasteiger partial charge < -0.3 is 24.3 Å². The number of morpholine rings is 1. The van der Waals surface area contributed by atoms with Gasteiger partial charge in [-0.25, -0.2) is 0 Å². The van der Waals surface area contributed by atoms with Gasteiger partial charge in [0.1, 0.15) is 0 Å². The van der Waals surface area contributed by atoms with Crippen molar-refractivity contribution >= 4 is 0 Å². The normalized spacial score (nSPS) is 16.6. The molecule has 0 atom stereocenters. The summed E-state index contributed by atoms with van der Waals surface area (Å²) in [6, 6.07) is 0. The standard InChI is InChI=1S/C14H30N2O4/c1-17-11-12-20-14-13-18-8-4-15-3-2-5-16-6-9-19-10-7-16/h15H,2-14H2,1H3. The lowest BCUT2D eigenvalue weighted by Gasteiger charge is -2.26. The van der Waals surface area contributed by atoms with E-state index < -0.39 is 0 Å². The molecule has 1 aliphatic rings. The minimum Gasteiger partial charge on any atom is -0.382 e. The van der Waals surface area contributed by atoms with E-state index in [1.54, 1.807) is 7.11 Å². The third kappa shape index (κ3) is 10.5. The van der Waals surface area contributed by atoms with Crippen LogP contribution in [0.15, 0.2) is 0 Å². The summed E-state index contributed by atoms with van der Waals surface area (Å²) < 4.78 is 21.0. The molecular weight excluding hydrogens is 260 g/mol. The van der Waals surface area contributed by atoms with Crippen molar-refractivity contribution in [1.82, 2.24) is 10.2 Å². The van der Waals surface area contributed by atoms with Gasteiger partial charge in [-0.3, -0.25) is 4.90 Å².